The Morgan fingerprint density at radius 2 is 1.43 bits per heavy atom. The lowest BCUT2D eigenvalue weighted by Gasteiger charge is -2.54. The van der Waals surface area contributed by atoms with E-state index in [1.807, 2.05) is 48.5 Å². The van der Waals surface area contributed by atoms with Crippen LogP contribution in [0.15, 0.2) is 60.7 Å². The maximum absolute atomic E-state index is 12.7. The molecule has 3 nitrogen and oxygen atoms in total. The highest BCUT2D eigenvalue weighted by Crippen LogP contribution is 2.55. The molecule has 0 unspecified atom stereocenters. The maximum atomic E-state index is 12.7. The number of hydrogen-bond acceptors (Lipinski definition) is 3. The molecule has 4 rings (SSSR count). The van der Waals surface area contributed by atoms with Gasteiger partial charge in [0.1, 0.15) is 5.25 Å². The highest BCUT2D eigenvalue weighted by atomic mass is 32.2. The second kappa shape index (κ2) is 5.46. The molecule has 0 aliphatic carbocycles. The van der Waals surface area contributed by atoms with E-state index in [-0.39, 0.29) is 5.75 Å². The van der Waals surface area contributed by atoms with E-state index >= 15 is 0 Å². The van der Waals surface area contributed by atoms with Crippen molar-refractivity contribution in [3.8, 4) is 0 Å². The Balaban J connectivity index is 1.89. The van der Waals surface area contributed by atoms with Crippen LogP contribution in [-0.2, 0) is 15.4 Å². The molecule has 4 heteroatoms. The number of rotatable bonds is 3. The van der Waals surface area contributed by atoms with Crippen molar-refractivity contribution >= 4 is 9.84 Å². The Morgan fingerprint density at radius 3 is 2.00 bits per heavy atom. The normalized spacial score (nSPS) is 30.0. The molecular weight excluding hydrogens is 306 g/mol. The van der Waals surface area contributed by atoms with Crippen molar-refractivity contribution in [3.63, 3.8) is 0 Å². The van der Waals surface area contributed by atoms with Crippen LogP contribution in [0.5, 0.6) is 0 Å². The van der Waals surface area contributed by atoms with E-state index in [1.54, 1.807) is 0 Å². The molecule has 2 atom stereocenters. The Hall–Kier alpha value is -1.65. The molecule has 0 spiro atoms. The zero-order valence-corrected chi connectivity index (χ0v) is 13.9. The van der Waals surface area contributed by atoms with E-state index in [9.17, 15) is 8.42 Å². The second-order valence-electron chi connectivity index (χ2n) is 6.58. The number of benzene rings is 2. The first-order valence-electron chi connectivity index (χ1n) is 8.22. The third-order valence-corrected chi connectivity index (χ3v) is 7.48. The molecule has 23 heavy (non-hydrogen) atoms. The van der Waals surface area contributed by atoms with E-state index in [0.29, 0.717) is 0 Å². The average molecular weight is 327 g/mol. The fourth-order valence-electron chi connectivity index (χ4n) is 4.29. The fraction of sp³-hybridized carbons (Fsp3) is 0.368. The lowest BCUT2D eigenvalue weighted by molar-refractivity contribution is 0.110. The third-order valence-electron chi connectivity index (χ3n) is 5.26. The van der Waals surface area contributed by atoms with Gasteiger partial charge in [0.2, 0.25) is 0 Å². The first kappa shape index (κ1) is 14.9. The van der Waals surface area contributed by atoms with Crippen LogP contribution in [-0.4, -0.2) is 32.2 Å². The minimum Gasteiger partial charge on any atom is -0.291 e. The zero-order valence-electron chi connectivity index (χ0n) is 13.1. The van der Waals surface area contributed by atoms with Gasteiger partial charge in [-0.3, -0.25) is 4.90 Å². The topological polar surface area (TPSA) is 37.4 Å². The standard InChI is InChI=1S/C19H21NO2S/c21-23(22)15-19(20-13-7-8-14-20,17-11-5-2-6-12-17)18(23)16-9-3-1-4-10-16/h1-6,9-12,18H,7-8,13-15H2/t18-,19-/m1/s1. The molecule has 2 fully saturated rings. The minimum absolute atomic E-state index is 0.226. The van der Waals surface area contributed by atoms with Gasteiger partial charge in [-0.1, -0.05) is 60.7 Å². The van der Waals surface area contributed by atoms with E-state index in [0.717, 1.165) is 37.1 Å². The van der Waals surface area contributed by atoms with E-state index in [2.05, 4.69) is 17.0 Å². The Kier molecular flexibility index (Phi) is 3.54. The molecule has 2 aromatic carbocycles. The molecule has 0 aromatic heterocycles. The lowest BCUT2D eigenvalue weighted by atomic mass is 9.82. The first-order valence-corrected chi connectivity index (χ1v) is 9.93. The van der Waals surface area contributed by atoms with Gasteiger partial charge in [-0.25, -0.2) is 8.42 Å². The summed E-state index contributed by atoms with van der Waals surface area (Å²) >= 11 is 0. The van der Waals surface area contributed by atoms with Crippen molar-refractivity contribution in [1.82, 2.24) is 4.90 Å². The van der Waals surface area contributed by atoms with Crippen molar-refractivity contribution in [3.05, 3.63) is 71.8 Å². The number of sulfone groups is 1. The summed E-state index contributed by atoms with van der Waals surface area (Å²) < 4.78 is 25.5. The summed E-state index contributed by atoms with van der Waals surface area (Å²) in [6.07, 6.45) is 2.30. The predicted octanol–water partition coefficient (Wildman–Crippen LogP) is 3.15. The van der Waals surface area contributed by atoms with Crippen LogP contribution in [0.4, 0.5) is 0 Å². The van der Waals surface area contributed by atoms with Crippen LogP contribution in [0.3, 0.4) is 0 Å². The van der Waals surface area contributed by atoms with Gasteiger partial charge >= 0.3 is 0 Å². The summed E-state index contributed by atoms with van der Waals surface area (Å²) in [5.74, 6) is 0.226. The van der Waals surface area contributed by atoms with Gasteiger partial charge in [-0.15, -0.1) is 0 Å². The van der Waals surface area contributed by atoms with E-state index in [1.165, 1.54) is 0 Å². The van der Waals surface area contributed by atoms with Crippen molar-refractivity contribution in [2.24, 2.45) is 0 Å². The summed E-state index contributed by atoms with van der Waals surface area (Å²) in [4.78, 5) is 2.40. The SMILES string of the molecule is O=S1(=O)C[C@](c2ccccc2)(N2CCCC2)[C@H]1c1ccccc1. The molecule has 0 saturated carbocycles. The number of hydrogen-bond donors (Lipinski definition) is 0. The molecular formula is C19H21NO2S. The molecule has 0 bridgehead atoms. The van der Waals surface area contributed by atoms with Crippen LogP contribution < -0.4 is 0 Å². The first-order chi connectivity index (χ1) is 11.1. The van der Waals surface area contributed by atoms with Gasteiger partial charge in [0.05, 0.1) is 11.3 Å². The van der Waals surface area contributed by atoms with Crippen LogP contribution in [0.25, 0.3) is 0 Å². The highest BCUT2D eigenvalue weighted by molar-refractivity contribution is 7.93. The maximum Gasteiger partial charge on any atom is 0.161 e. The third kappa shape index (κ3) is 2.24. The molecule has 2 aliphatic heterocycles. The summed E-state index contributed by atoms with van der Waals surface area (Å²) in [5.41, 5.74) is 1.64. The smallest absolute Gasteiger partial charge is 0.161 e. The molecule has 0 N–H and O–H groups in total. The van der Waals surface area contributed by atoms with Crippen molar-refractivity contribution in [2.45, 2.75) is 23.6 Å². The lowest BCUT2D eigenvalue weighted by Crippen LogP contribution is -2.63. The molecule has 2 heterocycles. The molecule has 0 radical (unpaired) electrons. The summed E-state index contributed by atoms with van der Waals surface area (Å²) in [5, 5.41) is -0.461. The molecule has 2 saturated heterocycles. The van der Waals surface area contributed by atoms with Gasteiger partial charge in [0.15, 0.2) is 9.84 Å². The van der Waals surface area contributed by atoms with Crippen LogP contribution in [0.1, 0.15) is 29.2 Å². The van der Waals surface area contributed by atoms with E-state index in [4.69, 9.17) is 0 Å². The largest absolute Gasteiger partial charge is 0.291 e. The average Bonchev–Trinajstić information content (AvgIpc) is 3.09. The number of likely N-dealkylation sites (tertiary alicyclic amines) is 1. The fourth-order valence-corrected chi connectivity index (χ4v) is 6.82. The van der Waals surface area contributed by atoms with Crippen LogP contribution in [0.2, 0.25) is 0 Å². The monoisotopic (exact) mass is 327 g/mol. The number of nitrogens with zero attached hydrogens (tertiary/aromatic N) is 1. The molecule has 2 aliphatic rings. The highest BCUT2D eigenvalue weighted by Gasteiger charge is 2.63. The molecule has 0 amide bonds. The minimum atomic E-state index is -3.11. The Labute approximate surface area is 137 Å². The van der Waals surface area contributed by atoms with Gasteiger partial charge in [0.25, 0.3) is 0 Å². The Morgan fingerprint density at radius 1 is 0.870 bits per heavy atom. The molecule has 120 valence electrons. The predicted molar refractivity (Wildman–Crippen MR) is 91.9 cm³/mol. The second-order valence-corrected chi connectivity index (χ2v) is 8.67. The van der Waals surface area contributed by atoms with Crippen LogP contribution in [0, 0.1) is 0 Å². The summed E-state index contributed by atoms with van der Waals surface area (Å²) in [6, 6.07) is 19.9. The van der Waals surface area contributed by atoms with Gasteiger partial charge in [0, 0.05) is 0 Å². The summed E-state index contributed by atoms with van der Waals surface area (Å²) in [6.45, 7) is 1.96. The van der Waals surface area contributed by atoms with Crippen molar-refractivity contribution in [1.29, 1.82) is 0 Å². The van der Waals surface area contributed by atoms with Crippen LogP contribution >= 0.6 is 0 Å². The van der Waals surface area contributed by atoms with Gasteiger partial charge in [-0.2, -0.15) is 0 Å². The van der Waals surface area contributed by atoms with Gasteiger partial charge < -0.3 is 0 Å². The summed E-state index contributed by atoms with van der Waals surface area (Å²) in [7, 11) is -3.11. The molecule has 2 aromatic rings. The van der Waals surface area contributed by atoms with E-state index < -0.39 is 20.6 Å². The quantitative estimate of drug-likeness (QED) is 0.869. The zero-order chi connectivity index (χ0) is 15.9. The van der Waals surface area contributed by atoms with Crippen molar-refractivity contribution in [2.75, 3.05) is 18.8 Å². The van der Waals surface area contributed by atoms with Gasteiger partial charge in [-0.05, 0) is 37.1 Å². The Bertz CT molecular complexity index is 783. The van der Waals surface area contributed by atoms with Crippen molar-refractivity contribution < 1.29 is 8.42 Å².